The van der Waals surface area contributed by atoms with Crippen LogP contribution in [0.4, 0.5) is 18.9 Å². The molecule has 0 spiro atoms. The molecule has 3 aromatic rings. The smallest absolute Gasteiger partial charge is 0.416 e. The van der Waals surface area contributed by atoms with Crippen LogP contribution in [0.5, 0.6) is 5.75 Å². The first kappa shape index (κ1) is 28.2. The Balaban J connectivity index is 1.06. The predicted octanol–water partition coefficient (Wildman–Crippen LogP) is 5.40. The standard InChI is InChI=1S/C29H27F3IN5O2/c30-29(31,32)21-5-7-22(8-6-21)37-13-11-23(12-14-37)40-24-9-10-25(35-16-24)28(39)36-26-18-38(27(26)33)17-20-3-1-19(15-34)2-4-20/h1-10,16,23,26-27H,11-14,17-18H2,(H,36,39). The second kappa shape index (κ2) is 12.0. The summed E-state index contributed by atoms with van der Waals surface area (Å²) in [6.45, 7) is 2.82. The zero-order valence-corrected chi connectivity index (χ0v) is 23.6. The minimum atomic E-state index is -4.34. The number of alkyl halides is 4. The first-order valence-corrected chi connectivity index (χ1v) is 14.2. The number of carbonyl (C=O) groups excluding carboxylic acids is 1. The number of carbonyl (C=O) groups is 1. The highest BCUT2D eigenvalue weighted by Crippen LogP contribution is 2.31. The number of hydrogen-bond donors (Lipinski definition) is 1. The third-order valence-electron chi connectivity index (χ3n) is 7.17. The zero-order valence-electron chi connectivity index (χ0n) is 21.4. The Hall–Kier alpha value is -3.37. The topological polar surface area (TPSA) is 81.5 Å². The Kier molecular flexibility index (Phi) is 8.46. The molecule has 3 heterocycles. The van der Waals surface area contributed by atoms with E-state index in [9.17, 15) is 18.0 Å². The number of piperidine rings is 1. The van der Waals surface area contributed by atoms with Gasteiger partial charge in [0.25, 0.3) is 5.91 Å². The maximum absolute atomic E-state index is 12.8. The molecular formula is C29H27F3IN5O2. The fourth-order valence-electron chi connectivity index (χ4n) is 4.85. The highest BCUT2D eigenvalue weighted by atomic mass is 127. The van der Waals surface area contributed by atoms with E-state index in [0.717, 1.165) is 49.3 Å². The summed E-state index contributed by atoms with van der Waals surface area (Å²) in [5, 5.41) is 12.0. The van der Waals surface area contributed by atoms with Crippen LogP contribution < -0.4 is 15.0 Å². The number of benzene rings is 2. The quantitative estimate of drug-likeness (QED) is 0.208. The average molecular weight is 661 g/mol. The van der Waals surface area contributed by atoms with E-state index in [1.165, 1.54) is 12.1 Å². The Labute approximate surface area is 244 Å². The molecule has 7 nitrogen and oxygen atoms in total. The van der Waals surface area contributed by atoms with Crippen LogP contribution in [0.3, 0.4) is 0 Å². The number of pyridine rings is 1. The number of nitriles is 1. The number of nitrogens with one attached hydrogen (secondary N) is 1. The Morgan fingerprint density at radius 3 is 2.35 bits per heavy atom. The largest absolute Gasteiger partial charge is 0.489 e. The fourth-order valence-corrected chi connectivity index (χ4v) is 5.69. The molecule has 5 rings (SSSR count). The summed E-state index contributed by atoms with van der Waals surface area (Å²) >= 11 is 2.33. The number of halogens is 4. The van der Waals surface area contributed by atoms with Gasteiger partial charge in [0.05, 0.1) is 33.5 Å². The van der Waals surface area contributed by atoms with Crippen molar-refractivity contribution in [1.82, 2.24) is 15.2 Å². The summed E-state index contributed by atoms with van der Waals surface area (Å²) in [6, 6.07) is 18.3. The molecule has 0 radical (unpaired) electrons. The van der Waals surface area contributed by atoms with Crippen molar-refractivity contribution < 1.29 is 22.7 Å². The third-order valence-corrected chi connectivity index (χ3v) is 8.83. The molecule has 2 unspecified atom stereocenters. The van der Waals surface area contributed by atoms with Gasteiger partial charge in [0, 0.05) is 44.7 Å². The lowest BCUT2D eigenvalue weighted by molar-refractivity contribution is -0.137. The van der Waals surface area contributed by atoms with Crippen molar-refractivity contribution in [2.24, 2.45) is 0 Å². The molecule has 2 aromatic carbocycles. The molecule has 40 heavy (non-hydrogen) atoms. The number of hydrogen-bond acceptors (Lipinski definition) is 6. The van der Waals surface area contributed by atoms with E-state index in [1.54, 1.807) is 18.3 Å². The maximum atomic E-state index is 12.8. The molecule has 1 N–H and O–H groups in total. The van der Waals surface area contributed by atoms with Gasteiger partial charge in [0.1, 0.15) is 17.5 Å². The van der Waals surface area contributed by atoms with Crippen molar-refractivity contribution in [3.8, 4) is 11.8 Å². The number of ether oxygens (including phenoxy) is 1. The van der Waals surface area contributed by atoms with Gasteiger partial charge in [-0.3, -0.25) is 9.69 Å². The molecule has 2 atom stereocenters. The van der Waals surface area contributed by atoms with Gasteiger partial charge in [-0.15, -0.1) is 0 Å². The highest BCUT2D eigenvalue weighted by molar-refractivity contribution is 14.1. The first-order chi connectivity index (χ1) is 19.2. The highest BCUT2D eigenvalue weighted by Gasteiger charge is 2.38. The van der Waals surface area contributed by atoms with Crippen LogP contribution in [0, 0.1) is 11.3 Å². The second-order valence-corrected chi connectivity index (χ2v) is 11.2. The van der Waals surface area contributed by atoms with E-state index in [-0.39, 0.29) is 22.1 Å². The van der Waals surface area contributed by atoms with Crippen molar-refractivity contribution in [3.05, 3.63) is 89.2 Å². The van der Waals surface area contributed by atoms with Gasteiger partial charge in [0.2, 0.25) is 0 Å². The summed E-state index contributed by atoms with van der Waals surface area (Å²) in [5.74, 6) is 0.342. The normalized spacial score (nSPS) is 19.9. The lowest BCUT2D eigenvalue weighted by Gasteiger charge is -2.45. The van der Waals surface area contributed by atoms with Crippen LogP contribution in [-0.4, -0.2) is 51.6 Å². The number of rotatable bonds is 7. The molecule has 2 aliphatic heterocycles. The third kappa shape index (κ3) is 6.67. The van der Waals surface area contributed by atoms with Gasteiger partial charge >= 0.3 is 6.18 Å². The molecule has 1 amide bonds. The molecule has 208 valence electrons. The Morgan fingerprint density at radius 2 is 1.77 bits per heavy atom. The molecule has 0 bridgehead atoms. The van der Waals surface area contributed by atoms with Gasteiger partial charge in [0.15, 0.2) is 0 Å². The SMILES string of the molecule is N#Cc1ccc(CN2CC(NC(=O)c3ccc(OC4CCN(c5ccc(C(F)(F)F)cc5)CC4)cn3)C2I)cc1. The second-order valence-electron chi connectivity index (χ2n) is 9.92. The molecule has 2 saturated heterocycles. The van der Waals surface area contributed by atoms with Crippen molar-refractivity contribution in [1.29, 1.82) is 5.26 Å². The van der Waals surface area contributed by atoms with Gasteiger partial charge in [-0.05, 0) is 54.1 Å². The van der Waals surface area contributed by atoms with E-state index < -0.39 is 11.7 Å². The summed E-state index contributed by atoms with van der Waals surface area (Å²) in [7, 11) is 0. The minimum Gasteiger partial charge on any atom is -0.489 e. The monoisotopic (exact) mass is 661 g/mol. The summed E-state index contributed by atoms with van der Waals surface area (Å²) < 4.78 is 44.6. The number of likely N-dealkylation sites (tertiary alicyclic amines) is 1. The molecule has 11 heteroatoms. The number of aromatic nitrogens is 1. The maximum Gasteiger partial charge on any atom is 0.416 e. The van der Waals surface area contributed by atoms with Crippen LogP contribution in [0.1, 0.15) is 40.0 Å². The summed E-state index contributed by atoms with van der Waals surface area (Å²) in [4.78, 5) is 21.3. The van der Waals surface area contributed by atoms with Crippen LogP contribution >= 0.6 is 22.6 Å². The van der Waals surface area contributed by atoms with Crippen molar-refractivity contribution >= 4 is 34.2 Å². The molecule has 2 aliphatic rings. The van der Waals surface area contributed by atoms with E-state index in [0.29, 0.717) is 30.1 Å². The van der Waals surface area contributed by atoms with E-state index in [4.69, 9.17) is 10.00 Å². The van der Waals surface area contributed by atoms with Crippen LogP contribution in [0.25, 0.3) is 0 Å². The molecule has 2 fully saturated rings. The first-order valence-electron chi connectivity index (χ1n) is 12.9. The Morgan fingerprint density at radius 1 is 1.07 bits per heavy atom. The lowest BCUT2D eigenvalue weighted by Crippen LogP contribution is -2.63. The summed E-state index contributed by atoms with van der Waals surface area (Å²) in [5.41, 5.74) is 2.18. The summed E-state index contributed by atoms with van der Waals surface area (Å²) in [6.07, 6.45) is -1.38. The van der Waals surface area contributed by atoms with E-state index >= 15 is 0 Å². The average Bonchev–Trinajstić information content (AvgIpc) is 2.97. The van der Waals surface area contributed by atoms with E-state index in [1.807, 2.05) is 24.3 Å². The van der Waals surface area contributed by atoms with Crippen LogP contribution in [-0.2, 0) is 12.7 Å². The Bertz CT molecular complexity index is 1350. The zero-order chi connectivity index (χ0) is 28.3. The van der Waals surface area contributed by atoms with Crippen LogP contribution in [0.15, 0.2) is 66.9 Å². The predicted molar refractivity (Wildman–Crippen MR) is 152 cm³/mol. The lowest BCUT2D eigenvalue weighted by atomic mass is 10.1. The molecule has 0 saturated carbocycles. The molecule has 1 aromatic heterocycles. The van der Waals surface area contributed by atoms with Gasteiger partial charge in [-0.25, -0.2) is 4.98 Å². The number of nitrogens with zero attached hydrogens (tertiary/aromatic N) is 4. The fraction of sp³-hybridized carbons (Fsp3) is 0.345. The van der Waals surface area contributed by atoms with Gasteiger partial charge in [-0.2, -0.15) is 18.4 Å². The molecule has 0 aliphatic carbocycles. The number of amides is 1. The van der Waals surface area contributed by atoms with Crippen molar-refractivity contribution in [3.63, 3.8) is 0 Å². The van der Waals surface area contributed by atoms with E-state index in [2.05, 4.69) is 48.8 Å². The minimum absolute atomic E-state index is 0.0130. The van der Waals surface area contributed by atoms with Crippen LogP contribution in [0.2, 0.25) is 0 Å². The van der Waals surface area contributed by atoms with Crippen molar-refractivity contribution in [2.75, 3.05) is 24.5 Å². The van der Waals surface area contributed by atoms with Crippen molar-refractivity contribution in [2.45, 2.75) is 41.8 Å². The van der Waals surface area contributed by atoms with Gasteiger partial charge < -0.3 is 15.0 Å². The number of anilines is 1. The molecular weight excluding hydrogens is 634 g/mol. The van der Waals surface area contributed by atoms with Gasteiger partial charge in [-0.1, -0.05) is 34.7 Å².